The second-order valence-electron chi connectivity index (χ2n) is 4.67. The molecule has 0 aliphatic heterocycles. The number of aryl methyl sites for hydroxylation is 1. The predicted molar refractivity (Wildman–Crippen MR) is 66.4 cm³/mol. The SMILES string of the molecule is CCc1nn(C2CCCC2)c(CC)c1CN. The molecule has 1 aliphatic rings. The van der Waals surface area contributed by atoms with Crippen LogP contribution in [0.5, 0.6) is 0 Å². The number of rotatable bonds is 4. The van der Waals surface area contributed by atoms with Crippen molar-refractivity contribution in [2.45, 2.75) is 65.0 Å². The van der Waals surface area contributed by atoms with Gasteiger partial charge < -0.3 is 5.73 Å². The molecule has 0 saturated heterocycles. The summed E-state index contributed by atoms with van der Waals surface area (Å²) in [7, 11) is 0. The van der Waals surface area contributed by atoms with Crippen LogP contribution >= 0.6 is 0 Å². The Kier molecular flexibility index (Phi) is 3.64. The Morgan fingerprint density at radius 3 is 2.44 bits per heavy atom. The second-order valence-corrected chi connectivity index (χ2v) is 4.67. The molecule has 0 unspecified atom stereocenters. The van der Waals surface area contributed by atoms with Gasteiger partial charge in [-0.05, 0) is 25.7 Å². The van der Waals surface area contributed by atoms with E-state index in [-0.39, 0.29) is 0 Å². The Balaban J connectivity index is 2.39. The smallest absolute Gasteiger partial charge is 0.0669 e. The Bertz CT molecular complexity index is 348. The first-order valence-corrected chi connectivity index (χ1v) is 6.61. The standard InChI is InChI=1S/C13H23N3/c1-3-12-11(9-14)13(4-2)16(15-12)10-7-5-6-8-10/h10H,3-9,14H2,1-2H3. The van der Waals surface area contributed by atoms with Crippen molar-refractivity contribution in [2.24, 2.45) is 5.73 Å². The van der Waals surface area contributed by atoms with E-state index in [1.807, 2.05) is 0 Å². The van der Waals surface area contributed by atoms with Gasteiger partial charge in [0.1, 0.15) is 0 Å². The molecule has 3 heteroatoms. The van der Waals surface area contributed by atoms with Gasteiger partial charge >= 0.3 is 0 Å². The zero-order valence-corrected chi connectivity index (χ0v) is 10.5. The molecule has 0 atom stereocenters. The van der Waals surface area contributed by atoms with Crippen molar-refractivity contribution >= 4 is 0 Å². The van der Waals surface area contributed by atoms with Crippen molar-refractivity contribution in [3.8, 4) is 0 Å². The van der Waals surface area contributed by atoms with E-state index >= 15 is 0 Å². The van der Waals surface area contributed by atoms with Gasteiger partial charge in [-0.15, -0.1) is 0 Å². The minimum atomic E-state index is 0.638. The fourth-order valence-electron chi connectivity index (χ4n) is 2.90. The number of hydrogen-bond acceptors (Lipinski definition) is 2. The van der Waals surface area contributed by atoms with Gasteiger partial charge in [0.2, 0.25) is 0 Å². The number of nitrogens with zero attached hydrogens (tertiary/aromatic N) is 2. The summed E-state index contributed by atoms with van der Waals surface area (Å²) < 4.78 is 2.29. The van der Waals surface area contributed by atoms with Gasteiger partial charge in [0.25, 0.3) is 0 Å². The highest BCUT2D eigenvalue weighted by atomic mass is 15.3. The van der Waals surface area contributed by atoms with Crippen LogP contribution in [-0.4, -0.2) is 9.78 Å². The third-order valence-corrected chi connectivity index (χ3v) is 3.75. The molecule has 3 nitrogen and oxygen atoms in total. The van der Waals surface area contributed by atoms with Crippen LogP contribution in [-0.2, 0) is 19.4 Å². The topological polar surface area (TPSA) is 43.8 Å². The van der Waals surface area contributed by atoms with Gasteiger partial charge in [-0.2, -0.15) is 5.10 Å². The number of hydrogen-bond donors (Lipinski definition) is 1. The largest absolute Gasteiger partial charge is 0.326 e. The lowest BCUT2D eigenvalue weighted by Gasteiger charge is -2.13. The molecule has 90 valence electrons. The zero-order valence-electron chi connectivity index (χ0n) is 10.5. The van der Waals surface area contributed by atoms with E-state index in [0.29, 0.717) is 12.6 Å². The lowest BCUT2D eigenvalue weighted by Crippen LogP contribution is -2.11. The minimum absolute atomic E-state index is 0.638. The van der Waals surface area contributed by atoms with Crippen LogP contribution < -0.4 is 5.73 Å². The van der Waals surface area contributed by atoms with Crippen LogP contribution in [0.25, 0.3) is 0 Å². The van der Waals surface area contributed by atoms with Gasteiger partial charge in [-0.1, -0.05) is 26.7 Å². The molecule has 0 radical (unpaired) electrons. The van der Waals surface area contributed by atoms with E-state index < -0.39 is 0 Å². The molecule has 0 amide bonds. The van der Waals surface area contributed by atoms with E-state index in [4.69, 9.17) is 10.8 Å². The lowest BCUT2D eigenvalue weighted by molar-refractivity contribution is 0.447. The molecular formula is C13H23N3. The highest BCUT2D eigenvalue weighted by Crippen LogP contribution is 2.31. The predicted octanol–water partition coefficient (Wildman–Crippen LogP) is 2.58. The van der Waals surface area contributed by atoms with Crippen LogP contribution in [0.15, 0.2) is 0 Å². The molecule has 1 saturated carbocycles. The van der Waals surface area contributed by atoms with Gasteiger partial charge in [0.15, 0.2) is 0 Å². The maximum absolute atomic E-state index is 5.86. The van der Waals surface area contributed by atoms with Crippen molar-refractivity contribution in [1.82, 2.24) is 9.78 Å². The highest BCUT2D eigenvalue weighted by molar-refractivity contribution is 5.27. The Morgan fingerprint density at radius 2 is 1.94 bits per heavy atom. The van der Waals surface area contributed by atoms with Crippen LogP contribution in [0.4, 0.5) is 0 Å². The second kappa shape index (κ2) is 5.00. The van der Waals surface area contributed by atoms with Gasteiger partial charge in [0, 0.05) is 17.8 Å². The summed E-state index contributed by atoms with van der Waals surface area (Å²) >= 11 is 0. The molecule has 2 rings (SSSR count). The molecule has 1 heterocycles. The van der Waals surface area contributed by atoms with Crippen LogP contribution in [0.2, 0.25) is 0 Å². The van der Waals surface area contributed by atoms with Crippen molar-refractivity contribution in [1.29, 1.82) is 0 Å². The molecule has 0 spiro atoms. The summed E-state index contributed by atoms with van der Waals surface area (Å²) in [5.74, 6) is 0. The number of nitrogens with two attached hydrogens (primary N) is 1. The lowest BCUT2D eigenvalue weighted by atomic mass is 10.1. The third kappa shape index (κ3) is 1.88. The van der Waals surface area contributed by atoms with Crippen LogP contribution in [0, 0.1) is 0 Å². The van der Waals surface area contributed by atoms with Gasteiger partial charge in [-0.3, -0.25) is 4.68 Å². The normalized spacial score (nSPS) is 17.2. The van der Waals surface area contributed by atoms with Crippen LogP contribution in [0.1, 0.15) is 62.5 Å². The Morgan fingerprint density at radius 1 is 1.25 bits per heavy atom. The molecule has 2 N–H and O–H groups in total. The molecule has 0 aromatic carbocycles. The van der Waals surface area contributed by atoms with Gasteiger partial charge in [-0.25, -0.2) is 0 Å². The fourth-order valence-corrected chi connectivity index (χ4v) is 2.90. The summed E-state index contributed by atoms with van der Waals surface area (Å²) in [5, 5.41) is 4.79. The zero-order chi connectivity index (χ0) is 11.5. The third-order valence-electron chi connectivity index (χ3n) is 3.75. The van der Waals surface area contributed by atoms with Crippen molar-refractivity contribution in [3.05, 3.63) is 17.0 Å². The Hall–Kier alpha value is -0.830. The molecule has 16 heavy (non-hydrogen) atoms. The van der Waals surface area contributed by atoms with E-state index in [1.165, 1.54) is 42.6 Å². The monoisotopic (exact) mass is 221 g/mol. The maximum atomic E-state index is 5.86. The summed E-state index contributed by atoms with van der Waals surface area (Å²) in [4.78, 5) is 0. The first-order chi connectivity index (χ1) is 7.81. The van der Waals surface area contributed by atoms with E-state index in [0.717, 1.165) is 12.8 Å². The van der Waals surface area contributed by atoms with E-state index in [2.05, 4.69) is 18.5 Å². The van der Waals surface area contributed by atoms with Crippen molar-refractivity contribution in [3.63, 3.8) is 0 Å². The summed E-state index contributed by atoms with van der Waals surface area (Å²) in [5.41, 5.74) is 9.76. The summed E-state index contributed by atoms with van der Waals surface area (Å²) in [6.45, 7) is 5.01. The number of aromatic nitrogens is 2. The first-order valence-electron chi connectivity index (χ1n) is 6.61. The highest BCUT2D eigenvalue weighted by Gasteiger charge is 2.23. The molecular weight excluding hydrogens is 198 g/mol. The van der Waals surface area contributed by atoms with Gasteiger partial charge in [0.05, 0.1) is 11.7 Å². The van der Waals surface area contributed by atoms with E-state index in [9.17, 15) is 0 Å². The van der Waals surface area contributed by atoms with Crippen LogP contribution in [0.3, 0.4) is 0 Å². The average Bonchev–Trinajstić information content (AvgIpc) is 2.94. The summed E-state index contributed by atoms with van der Waals surface area (Å²) in [6, 6.07) is 0.639. The van der Waals surface area contributed by atoms with E-state index in [1.54, 1.807) is 0 Å². The maximum Gasteiger partial charge on any atom is 0.0669 e. The molecule has 0 bridgehead atoms. The first kappa shape index (κ1) is 11.6. The molecule has 1 aromatic heterocycles. The molecule has 1 fully saturated rings. The average molecular weight is 221 g/mol. The minimum Gasteiger partial charge on any atom is -0.326 e. The summed E-state index contributed by atoms with van der Waals surface area (Å²) in [6.07, 6.45) is 7.35. The fraction of sp³-hybridized carbons (Fsp3) is 0.769. The van der Waals surface area contributed by atoms with Crippen molar-refractivity contribution < 1.29 is 0 Å². The molecule has 1 aromatic rings. The molecule has 1 aliphatic carbocycles. The quantitative estimate of drug-likeness (QED) is 0.849. The Labute approximate surface area is 98.0 Å². The van der Waals surface area contributed by atoms with Crippen molar-refractivity contribution in [2.75, 3.05) is 0 Å².